The zero-order chi connectivity index (χ0) is 16.6. The van der Waals surface area contributed by atoms with Gasteiger partial charge in [-0.25, -0.2) is 8.42 Å². The fourth-order valence-corrected chi connectivity index (χ4v) is 3.00. The molecule has 1 rings (SSSR count). The van der Waals surface area contributed by atoms with Gasteiger partial charge in [0.1, 0.15) is 0 Å². The summed E-state index contributed by atoms with van der Waals surface area (Å²) < 4.78 is 28.7. The first-order valence-electron chi connectivity index (χ1n) is 7.11. The molecular formula is C15H24N2O4S. The van der Waals surface area contributed by atoms with Crippen molar-refractivity contribution >= 4 is 15.7 Å². The minimum absolute atomic E-state index is 0.0699. The van der Waals surface area contributed by atoms with Crippen LogP contribution in [0, 0.1) is 0 Å². The zero-order valence-corrected chi connectivity index (χ0v) is 14.1. The first kappa shape index (κ1) is 18.6. The molecule has 0 unspecified atom stereocenters. The van der Waals surface area contributed by atoms with Crippen LogP contribution < -0.4 is 5.32 Å². The molecule has 124 valence electrons. The summed E-state index contributed by atoms with van der Waals surface area (Å²) in [5.74, 6) is -0.265. The third kappa shape index (κ3) is 6.13. The lowest BCUT2D eigenvalue weighted by molar-refractivity contribution is 0.0952. The molecule has 7 heteroatoms. The molecule has 0 aliphatic carbocycles. The highest BCUT2D eigenvalue weighted by molar-refractivity contribution is 7.91. The molecule has 0 aliphatic heterocycles. The smallest absolute Gasteiger partial charge is 0.251 e. The van der Waals surface area contributed by atoms with E-state index in [4.69, 9.17) is 4.74 Å². The first-order chi connectivity index (χ1) is 10.4. The molecule has 6 nitrogen and oxygen atoms in total. The van der Waals surface area contributed by atoms with Crippen LogP contribution in [0.15, 0.2) is 29.2 Å². The third-order valence-electron chi connectivity index (χ3n) is 3.10. The lowest BCUT2D eigenvalue weighted by Gasteiger charge is -2.10. The SMILES string of the molecule is COCCS(=O)(=O)c1ccc(C(=O)NCCCN(C)C)cc1. The van der Waals surface area contributed by atoms with Crippen molar-refractivity contribution in [2.75, 3.05) is 46.7 Å². The maximum Gasteiger partial charge on any atom is 0.251 e. The average Bonchev–Trinajstić information content (AvgIpc) is 2.49. The Hall–Kier alpha value is -1.44. The van der Waals surface area contributed by atoms with Gasteiger partial charge in [-0.2, -0.15) is 0 Å². The zero-order valence-electron chi connectivity index (χ0n) is 13.3. The molecule has 0 heterocycles. The highest BCUT2D eigenvalue weighted by atomic mass is 32.2. The van der Waals surface area contributed by atoms with Gasteiger partial charge in [-0.05, 0) is 51.3 Å². The Morgan fingerprint density at radius 2 is 1.86 bits per heavy atom. The fourth-order valence-electron chi connectivity index (χ4n) is 1.82. The second kappa shape index (κ2) is 8.87. The van der Waals surface area contributed by atoms with Crippen LogP contribution in [0.3, 0.4) is 0 Å². The van der Waals surface area contributed by atoms with Crippen molar-refractivity contribution in [1.29, 1.82) is 0 Å². The van der Waals surface area contributed by atoms with E-state index < -0.39 is 9.84 Å². The van der Waals surface area contributed by atoms with E-state index in [0.29, 0.717) is 12.1 Å². The molecule has 1 aromatic carbocycles. The lowest BCUT2D eigenvalue weighted by atomic mass is 10.2. The summed E-state index contributed by atoms with van der Waals surface area (Å²) in [5.41, 5.74) is 0.454. The third-order valence-corrected chi connectivity index (χ3v) is 4.79. The van der Waals surface area contributed by atoms with Gasteiger partial charge in [0.2, 0.25) is 0 Å². The van der Waals surface area contributed by atoms with Gasteiger partial charge >= 0.3 is 0 Å². The van der Waals surface area contributed by atoms with Gasteiger partial charge < -0.3 is 15.0 Å². The van der Waals surface area contributed by atoms with E-state index in [0.717, 1.165) is 13.0 Å². The highest BCUT2D eigenvalue weighted by Gasteiger charge is 2.14. The van der Waals surface area contributed by atoms with Crippen LogP contribution in [-0.4, -0.2) is 65.9 Å². The summed E-state index contributed by atoms with van der Waals surface area (Å²) in [7, 11) is 2.05. The molecule has 1 N–H and O–H groups in total. The van der Waals surface area contributed by atoms with Gasteiger partial charge in [-0.3, -0.25) is 4.79 Å². The van der Waals surface area contributed by atoms with Crippen LogP contribution in [0.4, 0.5) is 0 Å². The molecule has 0 saturated carbocycles. The minimum atomic E-state index is -3.36. The van der Waals surface area contributed by atoms with Crippen LogP contribution >= 0.6 is 0 Å². The van der Waals surface area contributed by atoms with E-state index in [-0.39, 0.29) is 23.2 Å². The van der Waals surface area contributed by atoms with Crippen LogP contribution in [0.25, 0.3) is 0 Å². The van der Waals surface area contributed by atoms with Crippen molar-refractivity contribution < 1.29 is 17.9 Å². The number of carbonyl (C=O) groups excluding carboxylic acids is 1. The first-order valence-corrected chi connectivity index (χ1v) is 8.77. The van der Waals surface area contributed by atoms with Gasteiger partial charge in [0.15, 0.2) is 9.84 Å². The van der Waals surface area contributed by atoms with Crippen LogP contribution in [-0.2, 0) is 14.6 Å². The summed E-state index contributed by atoms with van der Waals surface area (Å²) >= 11 is 0. The molecule has 0 atom stereocenters. The number of ether oxygens (including phenoxy) is 1. The Kier molecular flexibility index (Phi) is 7.50. The van der Waals surface area contributed by atoms with Gasteiger partial charge in [-0.15, -0.1) is 0 Å². The van der Waals surface area contributed by atoms with Crippen molar-refractivity contribution in [1.82, 2.24) is 10.2 Å². The number of benzene rings is 1. The molecule has 0 radical (unpaired) electrons. The van der Waals surface area contributed by atoms with Gasteiger partial charge in [0.05, 0.1) is 17.3 Å². The number of hydrogen-bond acceptors (Lipinski definition) is 5. The van der Waals surface area contributed by atoms with Gasteiger partial charge in [0, 0.05) is 19.2 Å². The van der Waals surface area contributed by atoms with Crippen molar-refractivity contribution in [3.63, 3.8) is 0 Å². The van der Waals surface area contributed by atoms with Crippen LogP contribution in [0.2, 0.25) is 0 Å². The van der Waals surface area contributed by atoms with E-state index in [1.807, 2.05) is 19.0 Å². The molecule has 0 bridgehead atoms. The van der Waals surface area contributed by atoms with E-state index in [1.54, 1.807) is 0 Å². The summed E-state index contributed by atoms with van der Waals surface area (Å²) in [5, 5.41) is 2.81. The largest absolute Gasteiger partial charge is 0.384 e. The molecule has 22 heavy (non-hydrogen) atoms. The monoisotopic (exact) mass is 328 g/mol. The van der Waals surface area contributed by atoms with Gasteiger partial charge in [0.25, 0.3) is 5.91 Å². The number of methoxy groups -OCH3 is 1. The van der Waals surface area contributed by atoms with E-state index in [2.05, 4.69) is 5.32 Å². The Labute approximate surface area is 132 Å². The van der Waals surface area contributed by atoms with E-state index in [1.165, 1.54) is 31.4 Å². The Balaban J connectivity index is 2.59. The number of nitrogens with zero attached hydrogens (tertiary/aromatic N) is 1. The lowest BCUT2D eigenvalue weighted by Crippen LogP contribution is -2.27. The maximum absolute atomic E-state index is 12.0. The topological polar surface area (TPSA) is 75.7 Å². The highest BCUT2D eigenvalue weighted by Crippen LogP contribution is 2.12. The van der Waals surface area contributed by atoms with Gasteiger partial charge in [-0.1, -0.05) is 0 Å². The van der Waals surface area contributed by atoms with Crippen LogP contribution in [0.1, 0.15) is 16.8 Å². The second-order valence-electron chi connectivity index (χ2n) is 5.25. The van der Waals surface area contributed by atoms with E-state index in [9.17, 15) is 13.2 Å². The Morgan fingerprint density at radius 1 is 1.23 bits per heavy atom. The minimum Gasteiger partial charge on any atom is -0.384 e. The van der Waals surface area contributed by atoms with Crippen molar-refractivity contribution in [3.05, 3.63) is 29.8 Å². The number of amides is 1. The molecule has 0 aromatic heterocycles. The molecule has 0 saturated heterocycles. The molecular weight excluding hydrogens is 304 g/mol. The van der Waals surface area contributed by atoms with Crippen molar-refractivity contribution in [2.24, 2.45) is 0 Å². The summed E-state index contributed by atoms with van der Waals surface area (Å²) in [6.07, 6.45) is 0.863. The second-order valence-corrected chi connectivity index (χ2v) is 7.36. The standard InChI is InChI=1S/C15H24N2O4S/c1-17(2)10-4-9-16-15(18)13-5-7-14(8-6-13)22(19,20)12-11-21-3/h5-8H,4,9-12H2,1-3H3,(H,16,18). The molecule has 0 spiro atoms. The number of nitrogens with one attached hydrogen (secondary N) is 1. The maximum atomic E-state index is 12.0. The quantitative estimate of drug-likeness (QED) is 0.678. The van der Waals surface area contributed by atoms with Crippen molar-refractivity contribution in [2.45, 2.75) is 11.3 Å². The number of carbonyl (C=O) groups is 1. The molecule has 1 amide bonds. The predicted octanol–water partition coefficient (Wildman–Crippen LogP) is 0.788. The predicted molar refractivity (Wildman–Crippen MR) is 85.9 cm³/mol. The summed E-state index contributed by atoms with van der Waals surface area (Å²) in [6.45, 7) is 1.64. The van der Waals surface area contributed by atoms with E-state index >= 15 is 0 Å². The molecule has 0 fully saturated rings. The average molecular weight is 328 g/mol. The number of hydrogen-bond donors (Lipinski definition) is 1. The fraction of sp³-hybridized carbons (Fsp3) is 0.533. The Bertz CT molecular complexity index is 568. The molecule has 1 aromatic rings. The number of rotatable bonds is 9. The number of sulfone groups is 1. The van der Waals surface area contributed by atoms with Crippen molar-refractivity contribution in [3.8, 4) is 0 Å². The summed E-state index contributed by atoms with van der Waals surface area (Å²) in [4.78, 5) is 14.2. The normalized spacial score (nSPS) is 11.6. The molecule has 0 aliphatic rings. The summed E-state index contributed by atoms with van der Waals surface area (Å²) in [6, 6.07) is 5.97. The van der Waals surface area contributed by atoms with Crippen LogP contribution in [0.5, 0.6) is 0 Å². The Morgan fingerprint density at radius 3 is 2.41 bits per heavy atom.